The van der Waals surface area contributed by atoms with Crippen molar-refractivity contribution in [3.63, 3.8) is 0 Å². The van der Waals surface area contributed by atoms with E-state index in [-0.39, 0.29) is 18.2 Å². The molecule has 9 heteroatoms. The number of nitrogens with one attached hydrogen (secondary N) is 1. The number of hydrogen-bond donors (Lipinski definition) is 1. The number of nitrogens with zero attached hydrogens (tertiary/aromatic N) is 3. The molecule has 0 aliphatic carbocycles. The Kier molecular flexibility index (Phi) is 3.96. The normalized spacial score (nSPS) is 16.6. The van der Waals surface area contributed by atoms with Gasteiger partial charge in [0.05, 0.1) is 5.75 Å². The molecule has 21 heavy (non-hydrogen) atoms. The van der Waals surface area contributed by atoms with Gasteiger partial charge >= 0.3 is 0 Å². The summed E-state index contributed by atoms with van der Waals surface area (Å²) in [5.74, 6) is -0.413. The number of carbonyl (C=O) groups is 1. The van der Waals surface area contributed by atoms with Crippen molar-refractivity contribution in [2.24, 2.45) is 0 Å². The van der Waals surface area contributed by atoms with Crippen molar-refractivity contribution >= 4 is 32.2 Å². The third-order valence-electron chi connectivity index (χ3n) is 3.43. The monoisotopic (exact) mass is 328 g/mol. The van der Waals surface area contributed by atoms with Crippen LogP contribution in [0.4, 0.5) is 0 Å². The summed E-state index contributed by atoms with van der Waals surface area (Å²) in [5, 5.41) is 4.49. The second-order valence-corrected chi connectivity index (χ2v) is 7.86. The van der Waals surface area contributed by atoms with Gasteiger partial charge in [0.15, 0.2) is 4.96 Å². The van der Waals surface area contributed by atoms with Crippen LogP contribution in [0.3, 0.4) is 0 Å². The van der Waals surface area contributed by atoms with Gasteiger partial charge in [-0.3, -0.25) is 9.20 Å². The van der Waals surface area contributed by atoms with Crippen LogP contribution in [0.25, 0.3) is 4.96 Å². The lowest BCUT2D eigenvalue weighted by atomic mass is 10.4. The van der Waals surface area contributed by atoms with Gasteiger partial charge < -0.3 is 5.32 Å². The number of amides is 1. The van der Waals surface area contributed by atoms with Gasteiger partial charge in [0, 0.05) is 37.4 Å². The van der Waals surface area contributed by atoms with Gasteiger partial charge in [-0.1, -0.05) is 0 Å². The van der Waals surface area contributed by atoms with E-state index in [1.165, 1.54) is 15.6 Å². The molecule has 1 aliphatic heterocycles. The molecule has 0 unspecified atom stereocenters. The Morgan fingerprint density at radius 2 is 2.14 bits per heavy atom. The molecule has 0 saturated carbocycles. The van der Waals surface area contributed by atoms with Gasteiger partial charge in [-0.25, -0.2) is 17.7 Å². The Balaban J connectivity index is 1.55. The highest BCUT2D eigenvalue weighted by atomic mass is 32.2. The maximum Gasteiger partial charge on any atom is 0.271 e. The first-order valence-electron chi connectivity index (χ1n) is 6.74. The maximum atomic E-state index is 12.0. The number of thiazole rings is 1. The van der Waals surface area contributed by atoms with Gasteiger partial charge in [-0.15, -0.1) is 11.3 Å². The maximum absolute atomic E-state index is 12.0. The summed E-state index contributed by atoms with van der Waals surface area (Å²) in [6.07, 6.45) is 5.28. The van der Waals surface area contributed by atoms with E-state index < -0.39 is 10.0 Å². The molecule has 1 N–H and O–H groups in total. The van der Waals surface area contributed by atoms with Gasteiger partial charge in [0.2, 0.25) is 10.0 Å². The molecule has 0 aromatic carbocycles. The zero-order valence-electron chi connectivity index (χ0n) is 11.4. The summed E-state index contributed by atoms with van der Waals surface area (Å²) < 4.78 is 27.3. The quantitative estimate of drug-likeness (QED) is 0.869. The van der Waals surface area contributed by atoms with Gasteiger partial charge in [-0.05, 0) is 12.8 Å². The fraction of sp³-hybridized carbons (Fsp3) is 0.500. The summed E-state index contributed by atoms with van der Waals surface area (Å²) in [5.41, 5.74) is 0.306. The van der Waals surface area contributed by atoms with Crippen molar-refractivity contribution in [3.05, 3.63) is 23.5 Å². The minimum Gasteiger partial charge on any atom is -0.350 e. The van der Waals surface area contributed by atoms with Crippen molar-refractivity contribution in [2.75, 3.05) is 25.4 Å². The molecule has 2 aromatic rings. The topological polar surface area (TPSA) is 83.8 Å². The summed E-state index contributed by atoms with van der Waals surface area (Å²) in [6, 6.07) is 0. The predicted octanol–water partition coefficient (Wildman–Crippen LogP) is 0.551. The van der Waals surface area contributed by atoms with Crippen LogP contribution in [0.2, 0.25) is 0 Å². The average Bonchev–Trinajstić information content (AvgIpc) is 3.14. The Morgan fingerprint density at radius 1 is 1.38 bits per heavy atom. The summed E-state index contributed by atoms with van der Waals surface area (Å²) in [7, 11) is -3.26. The molecule has 0 bridgehead atoms. The largest absolute Gasteiger partial charge is 0.350 e. The molecule has 0 radical (unpaired) electrons. The lowest BCUT2D eigenvalue weighted by molar-refractivity contribution is 0.0951. The fourth-order valence-electron chi connectivity index (χ4n) is 2.32. The molecule has 7 nitrogen and oxygen atoms in total. The number of hydrogen-bond acceptors (Lipinski definition) is 5. The lowest BCUT2D eigenvalue weighted by Gasteiger charge is -2.15. The predicted molar refractivity (Wildman–Crippen MR) is 80.0 cm³/mol. The Morgan fingerprint density at radius 3 is 2.86 bits per heavy atom. The van der Waals surface area contributed by atoms with Crippen molar-refractivity contribution < 1.29 is 13.2 Å². The number of carbonyl (C=O) groups excluding carboxylic acids is 1. The van der Waals surface area contributed by atoms with E-state index in [9.17, 15) is 13.2 Å². The summed E-state index contributed by atoms with van der Waals surface area (Å²) in [4.78, 5) is 16.8. The van der Waals surface area contributed by atoms with E-state index in [1.807, 2.05) is 11.6 Å². The van der Waals surface area contributed by atoms with Gasteiger partial charge in [0.25, 0.3) is 5.91 Å². The van der Waals surface area contributed by atoms with Crippen LogP contribution in [0.1, 0.15) is 23.3 Å². The first-order chi connectivity index (χ1) is 10.1. The summed E-state index contributed by atoms with van der Waals surface area (Å²) in [6.45, 7) is 1.28. The van der Waals surface area contributed by atoms with Gasteiger partial charge in [0.1, 0.15) is 5.69 Å². The third-order valence-corrected chi connectivity index (χ3v) is 6.07. The Bertz CT molecular complexity index is 715. The second-order valence-electron chi connectivity index (χ2n) is 4.90. The molecule has 1 aliphatic rings. The first kappa shape index (κ1) is 14.5. The van der Waals surface area contributed by atoms with Crippen LogP contribution < -0.4 is 5.32 Å². The Labute approximate surface area is 126 Å². The van der Waals surface area contributed by atoms with E-state index in [0.717, 1.165) is 17.8 Å². The highest BCUT2D eigenvalue weighted by molar-refractivity contribution is 7.89. The van der Waals surface area contributed by atoms with Crippen molar-refractivity contribution in [1.82, 2.24) is 19.0 Å². The molecular weight excluding hydrogens is 312 g/mol. The van der Waals surface area contributed by atoms with Crippen LogP contribution >= 0.6 is 11.3 Å². The molecule has 1 saturated heterocycles. The Hall–Kier alpha value is -1.45. The number of sulfonamides is 1. The minimum absolute atomic E-state index is 0.0685. The van der Waals surface area contributed by atoms with Crippen molar-refractivity contribution in [1.29, 1.82) is 0 Å². The van der Waals surface area contributed by atoms with Crippen LogP contribution in [-0.4, -0.2) is 53.4 Å². The number of imidazole rings is 1. The zero-order valence-corrected chi connectivity index (χ0v) is 13.0. The van der Waals surface area contributed by atoms with E-state index in [4.69, 9.17) is 0 Å². The van der Waals surface area contributed by atoms with E-state index in [0.29, 0.717) is 18.8 Å². The fourth-order valence-corrected chi connectivity index (χ4v) is 4.45. The molecule has 1 amide bonds. The smallest absolute Gasteiger partial charge is 0.271 e. The van der Waals surface area contributed by atoms with Crippen LogP contribution in [-0.2, 0) is 10.0 Å². The minimum atomic E-state index is -3.26. The van der Waals surface area contributed by atoms with E-state index in [1.54, 1.807) is 10.6 Å². The number of rotatable bonds is 5. The van der Waals surface area contributed by atoms with E-state index >= 15 is 0 Å². The highest BCUT2D eigenvalue weighted by Gasteiger charge is 2.25. The number of fused-ring (bicyclic) bond motifs is 1. The zero-order chi connectivity index (χ0) is 14.9. The molecule has 114 valence electrons. The van der Waals surface area contributed by atoms with Crippen LogP contribution in [0.5, 0.6) is 0 Å². The van der Waals surface area contributed by atoms with Gasteiger partial charge in [-0.2, -0.15) is 0 Å². The first-order valence-corrected chi connectivity index (χ1v) is 9.23. The molecule has 1 fully saturated rings. The molecule has 3 rings (SSSR count). The van der Waals surface area contributed by atoms with Crippen molar-refractivity contribution in [3.8, 4) is 0 Å². The second kappa shape index (κ2) is 5.74. The van der Waals surface area contributed by atoms with Crippen LogP contribution in [0.15, 0.2) is 17.8 Å². The average molecular weight is 328 g/mol. The third kappa shape index (κ3) is 3.09. The van der Waals surface area contributed by atoms with Crippen LogP contribution in [0, 0.1) is 0 Å². The molecule has 0 spiro atoms. The standard InChI is InChI=1S/C12H16N4O3S2/c17-11(10-9-15-6-7-20-12(15)14-10)13-3-8-21(18,19)16-4-1-2-5-16/h6-7,9H,1-5,8H2,(H,13,17). The molecule has 2 aromatic heterocycles. The molecule has 3 heterocycles. The van der Waals surface area contributed by atoms with Crippen molar-refractivity contribution in [2.45, 2.75) is 12.8 Å². The number of aromatic nitrogens is 2. The summed E-state index contributed by atoms with van der Waals surface area (Å²) >= 11 is 1.44. The SMILES string of the molecule is O=C(NCCS(=O)(=O)N1CCCC1)c1cn2ccsc2n1. The lowest BCUT2D eigenvalue weighted by Crippen LogP contribution is -2.36. The highest BCUT2D eigenvalue weighted by Crippen LogP contribution is 2.13. The molecular formula is C12H16N4O3S2. The molecule has 0 atom stereocenters. The van der Waals surface area contributed by atoms with E-state index in [2.05, 4.69) is 10.3 Å².